The van der Waals surface area contributed by atoms with Crippen LogP contribution in [-0.2, 0) is 39.0 Å². The van der Waals surface area contributed by atoms with Gasteiger partial charge in [-0.3, -0.25) is 0 Å². The molecule has 0 aliphatic heterocycles. The Labute approximate surface area is 456 Å². The van der Waals surface area contributed by atoms with E-state index in [1.165, 1.54) is 110 Å². The van der Waals surface area contributed by atoms with Gasteiger partial charge in [0.2, 0.25) is 0 Å². The van der Waals surface area contributed by atoms with Gasteiger partial charge >= 0.3 is 14.5 Å². The maximum absolute atomic E-state index is 9.75. The second kappa shape index (κ2) is 44.2. The zero-order chi connectivity index (χ0) is 50.8. The Morgan fingerprint density at radius 1 is 0.271 bits per heavy atom. The molecular formula is C50H88B2F8P8Rh2+6. The summed E-state index contributed by atoms with van der Waals surface area (Å²) in [5.41, 5.74) is 0. The van der Waals surface area contributed by atoms with E-state index in [4.69, 9.17) is 0 Å². The molecule has 20 heteroatoms. The van der Waals surface area contributed by atoms with Crippen molar-refractivity contribution in [3.8, 4) is 0 Å². The van der Waals surface area contributed by atoms with E-state index in [1.807, 2.05) is 0 Å². The average molecular weight is 1320 g/mol. The number of hydrogen-bond donors (Lipinski definition) is 0. The van der Waals surface area contributed by atoms with Gasteiger partial charge < -0.3 is 34.5 Å². The minimum atomic E-state index is -6.00. The van der Waals surface area contributed by atoms with Crippen molar-refractivity contribution in [1.82, 2.24) is 0 Å². The van der Waals surface area contributed by atoms with Crippen molar-refractivity contribution < 1.29 is 73.5 Å². The summed E-state index contributed by atoms with van der Waals surface area (Å²) >= 11 is 0. The molecule has 70 heavy (non-hydrogen) atoms. The minimum Gasteiger partial charge on any atom is -0.418 e. The van der Waals surface area contributed by atoms with Crippen molar-refractivity contribution in [1.29, 1.82) is 0 Å². The Balaban J connectivity index is 0. The average Bonchev–Trinajstić information content (AvgIpc) is 3.33. The molecule has 0 heterocycles. The summed E-state index contributed by atoms with van der Waals surface area (Å²) in [4.78, 5) is 0. The molecule has 0 bridgehead atoms. The van der Waals surface area contributed by atoms with E-state index in [0.717, 1.165) is 0 Å². The zero-order valence-corrected chi connectivity index (χ0v) is 54.4. The van der Waals surface area contributed by atoms with E-state index in [9.17, 15) is 34.5 Å². The van der Waals surface area contributed by atoms with Gasteiger partial charge in [0.05, 0.1) is 151 Å². The van der Waals surface area contributed by atoms with E-state index in [1.54, 1.807) is 21.2 Å². The van der Waals surface area contributed by atoms with Crippen LogP contribution in [0, 0.1) is 0 Å². The Morgan fingerprint density at radius 3 is 0.543 bits per heavy atom. The number of rotatable bonds is 28. The third-order valence-corrected chi connectivity index (χ3v) is 41.4. The first-order valence-corrected chi connectivity index (χ1v) is 41.3. The second-order valence-corrected chi connectivity index (χ2v) is 42.7. The first-order valence-electron chi connectivity index (χ1n) is 25.1. The van der Waals surface area contributed by atoms with E-state index < -0.39 is 46.2 Å². The first-order chi connectivity index (χ1) is 32.4. The van der Waals surface area contributed by atoms with Crippen molar-refractivity contribution in [2.45, 2.75) is 55.4 Å². The topological polar surface area (TPSA) is 0 Å². The van der Waals surface area contributed by atoms with Gasteiger partial charge in [-0.25, -0.2) is 0 Å². The van der Waals surface area contributed by atoms with Crippen LogP contribution in [0.15, 0.2) is 121 Å². The van der Waals surface area contributed by atoms with Crippen LogP contribution in [0.5, 0.6) is 0 Å². The Hall–Kier alpha value is 1.14. The van der Waals surface area contributed by atoms with Crippen molar-refractivity contribution in [2.24, 2.45) is 0 Å². The Bertz CT molecular complexity index is 1500. The molecule has 0 aliphatic rings. The van der Waals surface area contributed by atoms with Gasteiger partial charge in [-0.2, -0.15) is 0 Å². The predicted octanol–water partition coefficient (Wildman–Crippen LogP) is 15.7. The molecule has 0 N–H and O–H groups in total. The molecule has 0 fully saturated rings. The smallest absolute Gasteiger partial charge is 0.418 e. The van der Waals surface area contributed by atoms with Crippen LogP contribution in [0.2, 0.25) is 0 Å². The third kappa shape index (κ3) is 37.0. The van der Waals surface area contributed by atoms with Crippen LogP contribution in [0.3, 0.4) is 0 Å². The fourth-order valence-electron chi connectivity index (χ4n) is 8.27. The number of benzene rings is 4. The quantitative estimate of drug-likeness (QED) is 0.0302. The normalized spacial score (nSPS) is 13.1. The predicted molar refractivity (Wildman–Crippen MR) is 324 cm³/mol. The number of hydrogen-bond acceptors (Lipinski definition) is 0. The fourth-order valence-corrected chi connectivity index (χ4v) is 37.6. The fraction of sp³-hybridized carbons (Fsp3) is 0.520. The standard InChI is InChI=1S/2C25H40P4.2BF4.2Rh/c2*1-5-26(6-2)19-21-28(24-15-11-9-12-16-24)23-29(22-20-27(7-3)8-4)25-17-13-10-14-18-25;2*2-1(3,4)5;;/h2*9-18H,5-8,19-23H2,1-4H3;;;;/q;;2*-1;;/p+8. The summed E-state index contributed by atoms with van der Waals surface area (Å²) < 4.78 is 78.0. The molecule has 2 radical (unpaired) electrons. The molecule has 4 rings (SSSR count). The molecule has 0 nitrogen and oxygen atoms in total. The second-order valence-electron chi connectivity index (χ2n) is 17.1. The van der Waals surface area contributed by atoms with Crippen molar-refractivity contribution in [2.75, 3.05) is 110 Å². The van der Waals surface area contributed by atoms with Gasteiger partial charge in [0.1, 0.15) is 0 Å². The van der Waals surface area contributed by atoms with E-state index >= 15 is 0 Å². The summed E-state index contributed by atoms with van der Waals surface area (Å²) in [5, 5.41) is 6.78. The maximum atomic E-state index is 9.75. The molecule has 0 aliphatic carbocycles. The van der Waals surface area contributed by atoms with Gasteiger partial charge in [-0.1, -0.05) is 72.8 Å². The SMILES string of the molecule is CC[PH+](CC)CC[PH+](C[PH+](CC[PH+](CC)CC)c1ccccc1)c1ccccc1.CC[PH+](CC)CC[PH+](C[PH+](CC[PH+](CC)CC)c1ccccc1)c1ccccc1.F[B-](F)(F)F.F[B-](F)(F)F.[Rh].[Rh]. The Kier molecular flexibility index (Phi) is 46.2. The van der Waals surface area contributed by atoms with Crippen LogP contribution in [0.1, 0.15) is 55.4 Å². The van der Waals surface area contributed by atoms with Crippen LogP contribution < -0.4 is 21.2 Å². The van der Waals surface area contributed by atoms with E-state index in [-0.39, 0.29) is 70.6 Å². The van der Waals surface area contributed by atoms with Gasteiger partial charge in [0.15, 0.2) is 11.8 Å². The van der Waals surface area contributed by atoms with E-state index in [0.29, 0.717) is 0 Å². The molecule has 0 amide bonds. The van der Waals surface area contributed by atoms with E-state index in [2.05, 4.69) is 177 Å². The number of halogens is 8. The maximum Gasteiger partial charge on any atom is 0.673 e. The summed E-state index contributed by atoms with van der Waals surface area (Å²) in [6.45, 7) is 19.4. The van der Waals surface area contributed by atoms with Gasteiger partial charge in [-0.15, -0.1) is 0 Å². The van der Waals surface area contributed by atoms with Crippen LogP contribution in [0.25, 0.3) is 0 Å². The molecule has 0 aromatic heterocycles. The molecule has 0 saturated heterocycles. The van der Waals surface area contributed by atoms with Crippen LogP contribution in [-0.4, -0.2) is 125 Å². The first kappa shape index (κ1) is 73.2. The molecule has 4 unspecified atom stereocenters. The van der Waals surface area contributed by atoms with Crippen molar-refractivity contribution in [3.05, 3.63) is 121 Å². The molecule has 4 atom stereocenters. The molecule has 4 aromatic rings. The summed E-state index contributed by atoms with van der Waals surface area (Å²) in [6.07, 6.45) is 23.7. The van der Waals surface area contributed by atoms with Crippen molar-refractivity contribution in [3.63, 3.8) is 0 Å². The van der Waals surface area contributed by atoms with Gasteiger partial charge in [-0.05, 0) is 104 Å². The summed E-state index contributed by atoms with van der Waals surface area (Å²) in [5.74, 6) is 3.04. The van der Waals surface area contributed by atoms with Gasteiger partial charge in [0.25, 0.3) is 0 Å². The Morgan fingerprint density at radius 2 is 0.414 bits per heavy atom. The molecule has 0 spiro atoms. The van der Waals surface area contributed by atoms with Crippen LogP contribution >= 0.6 is 63.4 Å². The van der Waals surface area contributed by atoms with Crippen molar-refractivity contribution >= 4 is 99.1 Å². The molecule has 402 valence electrons. The monoisotopic (exact) mass is 1320 g/mol. The summed E-state index contributed by atoms with van der Waals surface area (Å²) in [6, 6.07) is 46.5. The van der Waals surface area contributed by atoms with Crippen LogP contribution in [0.4, 0.5) is 34.5 Å². The molecular weight excluding hydrogens is 1230 g/mol. The minimum absolute atomic E-state index is 0. The molecule has 4 aromatic carbocycles. The zero-order valence-electron chi connectivity index (χ0n) is 43.1. The largest absolute Gasteiger partial charge is 0.673 e. The third-order valence-electron chi connectivity index (χ3n) is 12.7. The molecule has 0 saturated carbocycles. The summed E-state index contributed by atoms with van der Waals surface area (Å²) in [7, 11) is -14.3. The van der Waals surface area contributed by atoms with Gasteiger partial charge in [0, 0.05) is 70.6 Å².